The third-order valence-corrected chi connectivity index (χ3v) is 6.59. The molecule has 0 aliphatic carbocycles. The van der Waals surface area contributed by atoms with Crippen LogP contribution < -0.4 is 21.0 Å². The summed E-state index contributed by atoms with van der Waals surface area (Å²) < 4.78 is 0. The molecule has 8 nitrogen and oxygen atoms in total. The van der Waals surface area contributed by atoms with E-state index in [-0.39, 0.29) is 24.9 Å². The first kappa shape index (κ1) is 23.3. The Balaban J connectivity index is 1.52. The summed E-state index contributed by atoms with van der Waals surface area (Å²) in [5, 5.41) is 14.2. The summed E-state index contributed by atoms with van der Waals surface area (Å²) in [4.78, 5) is 40.0. The fourth-order valence-corrected chi connectivity index (χ4v) is 4.85. The van der Waals surface area contributed by atoms with Crippen molar-refractivity contribution in [2.45, 2.75) is 16.6 Å². The Hall–Kier alpha value is -3.82. The second-order valence-electron chi connectivity index (χ2n) is 7.76. The summed E-state index contributed by atoms with van der Waals surface area (Å²) in [5.74, 6) is -0.971. The van der Waals surface area contributed by atoms with Crippen LogP contribution in [0, 0.1) is 0 Å². The molecule has 0 fully saturated rings. The number of hydrogen-bond donors (Lipinski definition) is 4. The van der Waals surface area contributed by atoms with Crippen LogP contribution in [0.4, 0.5) is 17.1 Å². The van der Waals surface area contributed by atoms with Gasteiger partial charge in [0.05, 0.1) is 18.3 Å². The van der Waals surface area contributed by atoms with Crippen molar-refractivity contribution >= 4 is 46.5 Å². The molecule has 1 aliphatic rings. The lowest BCUT2D eigenvalue weighted by atomic mass is 10.1. The maximum atomic E-state index is 12.8. The van der Waals surface area contributed by atoms with Gasteiger partial charge in [0, 0.05) is 22.0 Å². The van der Waals surface area contributed by atoms with E-state index in [0.29, 0.717) is 23.5 Å². The number of carbonyl (C=O) groups is 3. The fraction of sp³-hybridized carbons (Fsp3) is 0.160. The molecule has 4 N–H and O–H groups in total. The molecule has 0 spiro atoms. The minimum atomic E-state index is -0.455. The maximum absolute atomic E-state index is 12.8. The third kappa shape index (κ3) is 5.94. The van der Waals surface area contributed by atoms with Gasteiger partial charge < -0.3 is 15.5 Å². The minimum Gasteiger partial charge on any atom is -0.353 e. The van der Waals surface area contributed by atoms with Gasteiger partial charge in [0.2, 0.25) is 11.8 Å². The summed E-state index contributed by atoms with van der Waals surface area (Å²) in [7, 11) is 0. The van der Waals surface area contributed by atoms with Crippen molar-refractivity contribution in [3.05, 3.63) is 84.4 Å². The Kier molecular flexibility index (Phi) is 7.46. The van der Waals surface area contributed by atoms with Crippen molar-refractivity contribution < 1.29 is 19.6 Å². The molecule has 0 saturated carbocycles. The van der Waals surface area contributed by atoms with E-state index in [1.54, 1.807) is 34.6 Å². The fourth-order valence-electron chi connectivity index (χ4n) is 3.68. The number of nitrogens with zero attached hydrogens (tertiary/aromatic N) is 1. The van der Waals surface area contributed by atoms with E-state index < -0.39 is 11.2 Å². The predicted molar refractivity (Wildman–Crippen MR) is 132 cm³/mol. The molecule has 34 heavy (non-hydrogen) atoms. The maximum Gasteiger partial charge on any atom is 0.257 e. The van der Waals surface area contributed by atoms with Crippen molar-refractivity contribution in [3.8, 4) is 0 Å². The van der Waals surface area contributed by atoms with E-state index in [1.165, 1.54) is 11.8 Å². The minimum absolute atomic E-state index is 0.0381. The molecule has 3 amide bonds. The average molecular weight is 477 g/mol. The largest absolute Gasteiger partial charge is 0.353 e. The van der Waals surface area contributed by atoms with E-state index >= 15 is 0 Å². The lowest BCUT2D eigenvalue weighted by molar-refractivity contribution is -0.128. The molecule has 4 rings (SSSR count). The van der Waals surface area contributed by atoms with E-state index in [0.717, 1.165) is 10.5 Å². The zero-order valence-corrected chi connectivity index (χ0v) is 19.0. The number of thioether (sulfide) groups is 1. The lowest BCUT2D eigenvalue weighted by Crippen LogP contribution is -2.39. The van der Waals surface area contributed by atoms with Gasteiger partial charge >= 0.3 is 0 Å². The number of benzene rings is 3. The van der Waals surface area contributed by atoms with E-state index in [2.05, 4.69) is 10.6 Å². The monoisotopic (exact) mass is 476 g/mol. The average Bonchev–Trinajstić information content (AvgIpc) is 3.28. The van der Waals surface area contributed by atoms with Gasteiger partial charge in [-0.2, -0.15) is 0 Å². The molecule has 0 bridgehead atoms. The molecule has 0 aromatic heterocycles. The van der Waals surface area contributed by atoms with Crippen molar-refractivity contribution in [1.82, 2.24) is 5.48 Å². The molecular formula is C25H24N4O4S. The molecule has 1 aliphatic heterocycles. The van der Waals surface area contributed by atoms with Crippen LogP contribution in [-0.4, -0.2) is 41.3 Å². The number of anilines is 3. The molecule has 0 saturated heterocycles. The van der Waals surface area contributed by atoms with Crippen LogP contribution in [0.25, 0.3) is 0 Å². The normalized spacial score (nSPS) is 14.1. The first-order chi connectivity index (χ1) is 16.5. The number of hydrogen-bond acceptors (Lipinski definition) is 6. The SMILES string of the molecule is O=C(CN(CC(=O)Nc1ccccc1)c1ccc2c(c1)CC(C(=O)NO)S2)Nc1ccccc1. The number of hydroxylamine groups is 1. The highest BCUT2D eigenvalue weighted by molar-refractivity contribution is 8.01. The number of nitrogens with one attached hydrogen (secondary N) is 3. The summed E-state index contributed by atoms with van der Waals surface area (Å²) in [6, 6.07) is 23.8. The topological polar surface area (TPSA) is 111 Å². The van der Waals surface area contributed by atoms with Gasteiger partial charge in [-0.05, 0) is 54.4 Å². The molecule has 174 valence electrons. The Labute approximate surface area is 201 Å². The number of para-hydroxylation sites is 2. The van der Waals surface area contributed by atoms with Gasteiger partial charge in [-0.1, -0.05) is 36.4 Å². The quantitative estimate of drug-likeness (QED) is 0.293. The number of amides is 3. The standard InChI is InChI=1S/C25H24N4O4S/c30-23(26-18-7-3-1-4-8-18)15-29(16-24(31)27-19-9-5-2-6-10-19)20-11-12-21-17(13-20)14-22(34-21)25(32)28-33/h1-13,22,33H,14-16H2,(H,26,30)(H,27,31)(H,28,32). The highest BCUT2D eigenvalue weighted by Crippen LogP contribution is 2.39. The first-order valence-electron chi connectivity index (χ1n) is 10.7. The van der Waals surface area contributed by atoms with Crippen LogP contribution in [0.2, 0.25) is 0 Å². The van der Waals surface area contributed by atoms with Crippen molar-refractivity contribution in [2.75, 3.05) is 28.6 Å². The highest BCUT2D eigenvalue weighted by atomic mass is 32.2. The van der Waals surface area contributed by atoms with Crippen LogP contribution >= 0.6 is 11.8 Å². The van der Waals surface area contributed by atoms with Crippen LogP contribution in [-0.2, 0) is 20.8 Å². The number of fused-ring (bicyclic) bond motifs is 1. The van der Waals surface area contributed by atoms with Crippen molar-refractivity contribution in [1.29, 1.82) is 0 Å². The van der Waals surface area contributed by atoms with Gasteiger partial charge in [-0.15, -0.1) is 11.8 Å². The first-order valence-corrected chi connectivity index (χ1v) is 11.6. The second kappa shape index (κ2) is 10.9. The van der Waals surface area contributed by atoms with Crippen LogP contribution in [0.3, 0.4) is 0 Å². The second-order valence-corrected chi connectivity index (χ2v) is 9.01. The Morgan fingerprint density at radius 1 is 0.853 bits per heavy atom. The molecule has 1 unspecified atom stereocenters. The van der Waals surface area contributed by atoms with E-state index in [9.17, 15) is 14.4 Å². The van der Waals surface area contributed by atoms with E-state index in [4.69, 9.17) is 5.21 Å². The molecule has 1 heterocycles. The summed E-state index contributed by atoms with van der Waals surface area (Å²) in [5.41, 5.74) is 4.66. The Morgan fingerprint density at radius 2 is 1.41 bits per heavy atom. The molecule has 3 aromatic carbocycles. The highest BCUT2D eigenvalue weighted by Gasteiger charge is 2.29. The van der Waals surface area contributed by atoms with E-state index in [1.807, 2.05) is 54.6 Å². The molecule has 9 heteroatoms. The van der Waals surface area contributed by atoms with Crippen molar-refractivity contribution in [3.63, 3.8) is 0 Å². The molecular weight excluding hydrogens is 452 g/mol. The smallest absolute Gasteiger partial charge is 0.257 e. The van der Waals surface area contributed by atoms with Crippen molar-refractivity contribution in [2.24, 2.45) is 0 Å². The lowest BCUT2D eigenvalue weighted by Gasteiger charge is -2.24. The number of carbonyl (C=O) groups excluding carboxylic acids is 3. The third-order valence-electron chi connectivity index (χ3n) is 5.27. The zero-order chi connectivity index (χ0) is 23.9. The van der Waals surface area contributed by atoms with Crippen LogP contribution in [0.5, 0.6) is 0 Å². The Bertz CT molecular complexity index is 1120. The van der Waals surface area contributed by atoms with Gasteiger partial charge in [-0.3, -0.25) is 19.6 Å². The van der Waals surface area contributed by atoms with Gasteiger partial charge in [-0.25, -0.2) is 5.48 Å². The predicted octanol–water partition coefficient (Wildman–Crippen LogP) is 3.29. The summed E-state index contributed by atoms with van der Waals surface area (Å²) >= 11 is 1.37. The molecule has 3 aromatic rings. The molecule has 0 radical (unpaired) electrons. The summed E-state index contributed by atoms with van der Waals surface area (Å²) in [6.07, 6.45) is 0.445. The Morgan fingerprint density at radius 3 is 1.94 bits per heavy atom. The zero-order valence-electron chi connectivity index (χ0n) is 18.2. The van der Waals surface area contributed by atoms with Crippen LogP contribution in [0.15, 0.2) is 83.8 Å². The van der Waals surface area contributed by atoms with Gasteiger partial charge in [0.1, 0.15) is 0 Å². The number of rotatable bonds is 8. The van der Waals surface area contributed by atoms with Gasteiger partial charge in [0.15, 0.2) is 0 Å². The van der Waals surface area contributed by atoms with Crippen LogP contribution in [0.1, 0.15) is 5.56 Å². The summed E-state index contributed by atoms with van der Waals surface area (Å²) in [6.45, 7) is -0.0762. The molecule has 1 atom stereocenters. The van der Waals surface area contributed by atoms with Gasteiger partial charge in [0.25, 0.3) is 5.91 Å².